The lowest BCUT2D eigenvalue weighted by molar-refractivity contribution is -0.132. The Kier molecular flexibility index (Phi) is 5.29. The molecule has 0 saturated carbocycles. The standard InChI is InChI=1S/C20H22N6O2/c1-21-19(27)18-14-25(11-12-28-18)20-22-23-24-26(20)13-15-7-9-17(10-8-15)16-5-3-2-4-6-16/h2-10,18H,11-14H2,1H3,(H,21,27)/t18-/m1/s1. The Morgan fingerprint density at radius 3 is 2.64 bits per heavy atom. The number of hydrogen-bond acceptors (Lipinski definition) is 6. The Bertz CT molecular complexity index is 925. The molecule has 144 valence electrons. The van der Waals surface area contributed by atoms with Crippen LogP contribution >= 0.6 is 0 Å². The molecule has 1 atom stereocenters. The summed E-state index contributed by atoms with van der Waals surface area (Å²) in [5.74, 6) is 0.504. The summed E-state index contributed by atoms with van der Waals surface area (Å²) in [6.45, 7) is 2.07. The van der Waals surface area contributed by atoms with Crippen LogP contribution in [-0.2, 0) is 16.1 Å². The zero-order chi connectivity index (χ0) is 19.3. The van der Waals surface area contributed by atoms with Crippen LogP contribution in [0.15, 0.2) is 54.6 Å². The Labute approximate surface area is 163 Å². The fourth-order valence-electron chi connectivity index (χ4n) is 3.29. The normalized spacial score (nSPS) is 16.8. The third-order valence-corrected chi connectivity index (χ3v) is 4.79. The van der Waals surface area contributed by atoms with Crippen molar-refractivity contribution in [3.63, 3.8) is 0 Å². The molecule has 2 heterocycles. The van der Waals surface area contributed by atoms with Crippen LogP contribution in [0.1, 0.15) is 5.56 Å². The molecule has 0 bridgehead atoms. The Morgan fingerprint density at radius 2 is 1.89 bits per heavy atom. The second-order valence-electron chi connectivity index (χ2n) is 6.62. The second-order valence-corrected chi connectivity index (χ2v) is 6.62. The first-order valence-corrected chi connectivity index (χ1v) is 9.23. The van der Waals surface area contributed by atoms with Gasteiger partial charge in [0.2, 0.25) is 5.95 Å². The summed E-state index contributed by atoms with van der Waals surface area (Å²) in [6.07, 6.45) is -0.519. The number of anilines is 1. The van der Waals surface area contributed by atoms with Crippen LogP contribution in [0.4, 0.5) is 5.95 Å². The molecule has 0 aliphatic carbocycles. The quantitative estimate of drug-likeness (QED) is 0.721. The van der Waals surface area contributed by atoms with Crippen LogP contribution in [0.25, 0.3) is 11.1 Å². The van der Waals surface area contributed by atoms with E-state index in [0.717, 1.165) is 5.56 Å². The summed E-state index contributed by atoms with van der Waals surface area (Å²) >= 11 is 0. The predicted octanol–water partition coefficient (Wildman–Crippen LogP) is 1.34. The average Bonchev–Trinajstić information content (AvgIpc) is 3.22. The number of rotatable bonds is 5. The van der Waals surface area contributed by atoms with E-state index >= 15 is 0 Å². The SMILES string of the molecule is CNC(=O)[C@H]1CN(c2nnnn2Cc2ccc(-c3ccccc3)cc2)CCO1. The summed E-state index contributed by atoms with van der Waals surface area (Å²) < 4.78 is 7.29. The van der Waals surface area contributed by atoms with Gasteiger partial charge in [0.1, 0.15) is 0 Å². The zero-order valence-electron chi connectivity index (χ0n) is 15.7. The number of nitrogens with one attached hydrogen (secondary N) is 1. The number of tetrazole rings is 1. The molecule has 1 aliphatic heterocycles. The molecule has 1 amide bonds. The number of carbonyl (C=O) groups excluding carboxylic acids is 1. The minimum Gasteiger partial charge on any atom is -0.365 e. The van der Waals surface area contributed by atoms with Crippen molar-refractivity contribution in [2.45, 2.75) is 12.6 Å². The van der Waals surface area contributed by atoms with Crippen LogP contribution in [-0.4, -0.2) is 59.0 Å². The zero-order valence-corrected chi connectivity index (χ0v) is 15.7. The molecule has 28 heavy (non-hydrogen) atoms. The Morgan fingerprint density at radius 1 is 1.14 bits per heavy atom. The molecule has 1 saturated heterocycles. The average molecular weight is 378 g/mol. The number of ether oxygens (including phenoxy) is 1. The maximum atomic E-state index is 11.9. The van der Waals surface area contributed by atoms with Gasteiger partial charge < -0.3 is 15.0 Å². The minimum absolute atomic E-state index is 0.139. The van der Waals surface area contributed by atoms with E-state index in [9.17, 15) is 4.79 Å². The summed E-state index contributed by atoms with van der Waals surface area (Å²) in [7, 11) is 1.60. The summed E-state index contributed by atoms with van der Waals surface area (Å²) in [5, 5.41) is 14.7. The highest BCUT2D eigenvalue weighted by Gasteiger charge is 2.28. The number of likely N-dealkylation sites (N-methyl/N-ethyl adjacent to an activating group) is 1. The van der Waals surface area contributed by atoms with E-state index in [2.05, 4.69) is 57.2 Å². The van der Waals surface area contributed by atoms with Crippen LogP contribution < -0.4 is 10.2 Å². The lowest BCUT2D eigenvalue weighted by Crippen LogP contribution is -2.50. The largest absolute Gasteiger partial charge is 0.365 e. The molecule has 0 radical (unpaired) electrons. The molecule has 1 aliphatic rings. The Balaban J connectivity index is 1.48. The topological polar surface area (TPSA) is 85.2 Å². The molecule has 2 aromatic carbocycles. The van der Waals surface area contributed by atoms with E-state index in [1.165, 1.54) is 11.1 Å². The summed E-state index contributed by atoms with van der Waals surface area (Å²) in [4.78, 5) is 13.9. The molecule has 8 nitrogen and oxygen atoms in total. The van der Waals surface area contributed by atoms with Gasteiger partial charge in [-0.1, -0.05) is 59.7 Å². The fraction of sp³-hybridized carbons (Fsp3) is 0.300. The number of morpholine rings is 1. The maximum Gasteiger partial charge on any atom is 0.250 e. The van der Waals surface area contributed by atoms with Crippen LogP contribution in [0, 0.1) is 0 Å². The van der Waals surface area contributed by atoms with Crippen molar-refractivity contribution in [2.75, 3.05) is 31.6 Å². The van der Waals surface area contributed by atoms with Gasteiger partial charge >= 0.3 is 0 Å². The molecule has 8 heteroatoms. The fourth-order valence-corrected chi connectivity index (χ4v) is 3.29. The first-order valence-electron chi connectivity index (χ1n) is 9.23. The highest BCUT2D eigenvalue weighted by Crippen LogP contribution is 2.20. The minimum atomic E-state index is -0.519. The number of hydrogen-bond donors (Lipinski definition) is 1. The molecule has 3 aromatic rings. The van der Waals surface area contributed by atoms with Crippen LogP contribution in [0.2, 0.25) is 0 Å². The van der Waals surface area contributed by atoms with Crippen molar-refractivity contribution >= 4 is 11.9 Å². The third-order valence-electron chi connectivity index (χ3n) is 4.79. The van der Waals surface area contributed by atoms with E-state index in [1.807, 2.05) is 23.1 Å². The number of carbonyl (C=O) groups is 1. The van der Waals surface area contributed by atoms with Crippen molar-refractivity contribution in [1.29, 1.82) is 0 Å². The van der Waals surface area contributed by atoms with Gasteiger partial charge in [-0.25, -0.2) is 4.68 Å². The molecular weight excluding hydrogens is 356 g/mol. The van der Waals surface area contributed by atoms with Gasteiger partial charge in [0.25, 0.3) is 5.91 Å². The van der Waals surface area contributed by atoms with Crippen molar-refractivity contribution in [1.82, 2.24) is 25.5 Å². The molecule has 0 spiro atoms. The van der Waals surface area contributed by atoms with E-state index in [-0.39, 0.29) is 5.91 Å². The lowest BCUT2D eigenvalue weighted by Gasteiger charge is -2.32. The third kappa shape index (κ3) is 3.86. The highest BCUT2D eigenvalue weighted by molar-refractivity contribution is 5.81. The van der Waals surface area contributed by atoms with Crippen LogP contribution in [0.3, 0.4) is 0 Å². The number of aromatic nitrogens is 4. The molecule has 1 N–H and O–H groups in total. The van der Waals surface area contributed by atoms with Gasteiger partial charge in [-0.3, -0.25) is 4.79 Å². The van der Waals surface area contributed by atoms with E-state index in [0.29, 0.717) is 32.2 Å². The second kappa shape index (κ2) is 8.18. The van der Waals surface area contributed by atoms with Gasteiger partial charge in [-0.2, -0.15) is 0 Å². The van der Waals surface area contributed by atoms with Crippen LogP contribution in [0.5, 0.6) is 0 Å². The van der Waals surface area contributed by atoms with Crippen molar-refractivity contribution < 1.29 is 9.53 Å². The van der Waals surface area contributed by atoms with E-state index in [1.54, 1.807) is 11.7 Å². The van der Waals surface area contributed by atoms with Crippen molar-refractivity contribution in [3.8, 4) is 11.1 Å². The van der Waals surface area contributed by atoms with Gasteiger partial charge in [-0.05, 0) is 27.1 Å². The molecule has 1 aromatic heterocycles. The van der Waals surface area contributed by atoms with Crippen molar-refractivity contribution in [3.05, 3.63) is 60.2 Å². The van der Waals surface area contributed by atoms with Crippen molar-refractivity contribution in [2.24, 2.45) is 0 Å². The summed E-state index contributed by atoms with van der Waals surface area (Å²) in [6, 6.07) is 18.6. The monoisotopic (exact) mass is 378 g/mol. The molecule has 4 rings (SSSR count). The molecule has 0 unspecified atom stereocenters. The number of benzene rings is 2. The van der Waals surface area contributed by atoms with Gasteiger partial charge in [0.05, 0.1) is 19.7 Å². The lowest BCUT2D eigenvalue weighted by atomic mass is 10.0. The Hall–Kier alpha value is -3.26. The highest BCUT2D eigenvalue weighted by atomic mass is 16.5. The first-order chi connectivity index (χ1) is 13.7. The maximum absolute atomic E-state index is 11.9. The molecule has 1 fully saturated rings. The van der Waals surface area contributed by atoms with E-state index in [4.69, 9.17) is 4.74 Å². The predicted molar refractivity (Wildman–Crippen MR) is 105 cm³/mol. The summed E-state index contributed by atoms with van der Waals surface area (Å²) in [5.41, 5.74) is 3.46. The molecular formula is C20H22N6O2. The number of nitrogens with zero attached hydrogens (tertiary/aromatic N) is 5. The smallest absolute Gasteiger partial charge is 0.250 e. The van der Waals surface area contributed by atoms with Gasteiger partial charge in [-0.15, -0.1) is 0 Å². The van der Waals surface area contributed by atoms with Gasteiger partial charge in [0, 0.05) is 13.6 Å². The number of amides is 1. The van der Waals surface area contributed by atoms with E-state index < -0.39 is 6.10 Å². The first kappa shape index (κ1) is 18.1. The van der Waals surface area contributed by atoms with Gasteiger partial charge in [0.15, 0.2) is 6.10 Å².